The predicted octanol–water partition coefficient (Wildman–Crippen LogP) is 0.0977. The van der Waals surface area contributed by atoms with Crippen molar-refractivity contribution in [1.82, 2.24) is 4.31 Å². The summed E-state index contributed by atoms with van der Waals surface area (Å²) in [5.74, 6) is -1.49. The Morgan fingerprint density at radius 2 is 1.81 bits per heavy atom. The van der Waals surface area contributed by atoms with Crippen LogP contribution in [0.3, 0.4) is 0 Å². The number of hydrogen-bond donors (Lipinski definition) is 2. The lowest BCUT2D eigenvalue weighted by Gasteiger charge is -2.20. The van der Waals surface area contributed by atoms with Crippen molar-refractivity contribution in [3.63, 3.8) is 0 Å². The molecule has 1 aliphatic rings. The molecule has 0 amide bonds. The highest BCUT2D eigenvalue weighted by Crippen LogP contribution is 2.26. The number of carboxylic acids is 1. The van der Waals surface area contributed by atoms with Crippen LogP contribution in [-0.2, 0) is 14.8 Å². The molecule has 114 valence electrons. The van der Waals surface area contributed by atoms with Gasteiger partial charge < -0.3 is 10.2 Å². The predicted molar refractivity (Wildman–Crippen MR) is 72.4 cm³/mol. The molecule has 2 rings (SSSR count). The van der Waals surface area contributed by atoms with Gasteiger partial charge in [-0.15, -0.1) is 0 Å². The Hall–Kier alpha value is -1.77. The molecular formula is C13H15NO6S. The summed E-state index contributed by atoms with van der Waals surface area (Å²) in [6.45, 7) is 1.11. The van der Waals surface area contributed by atoms with Gasteiger partial charge in [0.05, 0.1) is 11.0 Å². The Labute approximate surface area is 121 Å². The van der Waals surface area contributed by atoms with Crippen LogP contribution in [0.1, 0.15) is 23.7 Å². The zero-order valence-corrected chi connectivity index (χ0v) is 12.1. The number of carbonyl (C=O) groups excluding carboxylic acids is 1. The van der Waals surface area contributed by atoms with Crippen molar-refractivity contribution in [3.8, 4) is 0 Å². The van der Waals surface area contributed by atoms with Gasteiger partial charge in [0.25, 0.3) is 0 Å². The number of aliphatic hydroxyl groups excluding tert-OH is 1. The lowest BCUT2D eigenvalue weighted by atomic mass is 10.2. The minimum atomic E-state index is -4.03. The number of carbonyl (C=O) groups is 2. The number of aliphatic carboxylic acids is 1. The van der Waals surface area contributed by atoms with Crippen LogP contribution in [0.2, 0.25) is 0 Å². The molecule has 1 aromatic rings. The van der Waals surface area contributed by atoms with Gasteiger partial charge in [0.15, 0.2) is 5.78 Å². The monoisotopic (exact) mass is 313 g/mol. The molecule has 1 heterocycles. The second kappa shape index (κ2) is 5.55. The summed E-state index contributed by atoms with van der Waals surface area (Å²) in [6.07, 6.45) is -1.14. The van der Waals surface area contributed by atoms with Gasteiger partial charge in [-0.05, 0) is 19.1 Å². The minimum Gasteiger partial charge on any atom is -0.480 e. The third-order valence-electron chi connectivity index (χ3n) is 3.39. The van der Waals surface area contributed by atoms with Crippen molar-refractivity contribution < 1.29 is 28.2 Å². The van der Waals surface area contributed by atoms with Crippen LogP contribution in [0.25, 0.3) is 0 Å². The fraction of sp³-hybridized carbons (Fsp3) is 0.385. The molecule has 2 unspecified atom stereocenters. The highest BCUT2D eigenvalue weighted by molar-refractivity contribution is 7.89. The second-order valence-corrected chi connectivity index (χ2v) is 6.79. The van der Waals surface area contributed by atoms with Crippen molar-refractivity contribution in [2.75, 3.05) is 6.54 Å². The van der Waals surface area contributed by atoms with Gasteiger partial charge in [-0.1, -0.05) is 12.1 Å². The topological polar surface area (TPSA) is 112 Å². The number of benzene rings is 1. The van der Waals surface area contributed by atoms with Gasteiger partial charge in [0, 0.05) is 18.5 Å². The Morgan fingerprint density at radius 3 is 2.29 bits per heavy atom. The second-order valence-electron chi connectivity index (χ2n) is 4.90. The molecule has 0 radical (unpaired) electrons. The molecule has 21 heavy (non-hydrogen) atoms. The highest BCUT2D eigenvalue weighted by Gasteiger charge is 2.43. The van der Waals surface area contributed by atoms with E-state index in [2.05, 4.69) is 0 Å². The van der Waals surface area contributed by atoms with Crippen molar-refractivity contribution >= 4 is 21.8 Å². The summed E-state index contributed by atoms with van der Waals surface area (Å²) in [5.41, 5.74) is 0.366. The molecule has 1 aromatic carbocycles. The molecule has 1 saturated heterocycles. The van der Waals surface area contributed by atoms with Crippen LogP contribution >= 0.6 is 0 Å². The van der Waals surface area contributed by atoms with E-state index >= 15 is 0 Å². The Kier molecular flexibility index (Phi) is 4.13. The Balaban J connectivity index is 2.37. The van der Waals surface area contributed by atoms with Gasteiger partial charge in [0.1, 0.15) is 6.04 Å². The fourth-order valence-corrected chi connectivity index (χ4v) is 3.90. The normalized spacial score (nSPS) is 23.1. The zero-order chi connectivity index (χ0) is 15.8. The molecule has 0 bridgehead atoms. The summed E-state index contributed by atoms with van der Waals surface area (Å²) in [7, 11) is -4.03. The van der Waals surface area contributed by atoms with Gasteiger partial charge in [-0.25, -0.2) is 8.42 Å². The van der Waals surface area contributed by atoms with Gasteiger partial charge in [0.2, 0.25) is 10.0 Å². The molecule has 2 N–H and O–H groups in total. The number of carboxylic acid groups (broad SMARTS) is 1. The van der Waals surface area contributed by atoms with E-state index in [9.17, 15) is 23.1 Å². The maximum absolute atomic E-state index is 12.4. The van der Waals surface area contributed by atoms with Crippen LogP contribution in [-0.4, -0.2) is 53.4 Å². The number of sulfonamides is 1. The summed E-state index contributed by atoms with van der Waals surface area (Å²) in [6, 6.07) is 3.98. The fourth-order valence-electron chi connectivity index (χ4n) is 2.27. The third kappa shape index (κ3) is 2.97. The molecular weight excluding hydrogens is 298 g/mol. The summed E-state index contributed by atoms with van der Waals surface area (Å²) < 4.78 is 25.7. The average molecular weight is 313 g/mol. The van der Waals surface area contributed by atoms with Crippen LogP contribution < -0.4 is 0 Å². The van der Waals surface area contributed by atoms with E-state index in [1.807, 2.05) is 0 Å². The first-order valence-electron chi connectivity index (χ1n) is 6.27. The molecule has 8 heteroatoms. The number of Topliss-reactive ketones (excluding diaryl/α,β-unsaturated/α-hetero) is 1. The van der Waals surface area contributed by atoms with E-state index in [1.165, 1.54) is 31.2 Å². The molecule has 2 atom stereocenters. The standard InChI is InChI=1S/C13H15NO6S/c1-8(15)9-2-4-11(5-3-9)21(19,20)14-7-10(16)6-12(14)13(17)18/h2-5,10,12,16H,6-7H2,1H3,(H,17,18). The van der Waals surface area contributed by atoms with Crippen LogP contribution in [0.4, 0.5) is 0 Å². The summed E-state index contributed by atoms with van der Waals surface area (Å²) >= 11 is 0. The van der Waals surface area contributed by atoms with Gasteiger partial charge in [-0.2, -0.15) is 4.31 Å². The average Bonchev–Trinajstić information content (AvgIpc) is 2.82. The van der Waals surface area contributed by atoms with E-state index in [0.717, 1.165) is 4.31 Å². The Morgan fingerprint density at radius 1 is 1.24 bits per heavy atom. The summed E-state index contributed by atoms with van der Waals surface area (Å²) in [5, 5.41) is 18.6. The number of aliphatic hydroxyl groups is 1. The van der Waals surface area contributed by atoms with E-state index in [-0.39, 0.29) is 23.6 Å². The lowest BCUT2D eigenvalue weighted by molar-refractivity contribution is -0.140. The first kappa shape index (κ1) is 15.6. The van der Waals surface area contributed by atoms with E-state index in [0.29, 0.717) is 5.56 Å². The number of β-amino-alcohol motifs (C(OH)–C–C–N with tert-alkyl or cyclic N) is 1. The quantitative estimate of drug-likeness (QED) is 0.762. The van der Waals surface area contributed by atoms with Crippen molar-refractivity contribution in [3.05, 3.63) is 29.8 Å². The molecule has 0 aromatic heterocycles. The SMILES string of the molecule is CC(=O)c1ccc(S(=O)(=O)N2CC(O)CC2C(=O)O)cc1. The molecule has 0 spiro atoms. The van der Waals surface area contributed by atoms with Crippen molar-refractivity contribution in [1.29, 1.82) is 0 Å². The molecule has 0 saturated carbocycles. The smallest absolute Gasteiger partial charge is 0.322 e. The van der Waals surface area contributed by atoms with E-state index in [1.54, 1.807) is 0 Å². The third-order valence-corrected chi connectivity index (χ3v) is 5.28. The van der Waals surface area contributed by atoms with Crippen LogP contribution in [0, 0.1) is 0 Å². The maximum Gasteiger partial charge on any atom is 0.322 e. The van der Waals surface area contributed by atoms with Crippen molar-refractivity contribution in [2.45, 2.75) is 30.4 Å². The molecule has 1 aliphatic heterocycles. The zero-order valence-electron chi connectivity index (χ0n) is 11.3. The number of hydrogen-bond acceptors (Lipinski definition) is 5. The molecule has 7 nitrogen and oxygen atoms in total. The molecule has 1 fully saturated rings. The number of nitrogens with zero attached hydrogens (tertiary/aromatic N) is 1. The van der Waals surface area contributed by atoms with E-state index < -0.39 is 28.1 Å². The lowest BCUT2D eigenvalue weighted by Crippen LogP contribution is -2.40. The van der Waals surface area contributed by atoms with Crippen LogP contribution in [0.5, 0.6) is 0 Å². The Bertz CT molecular complexity index is 666. The highest BCUT2D eigenvalue weighted by atomic mass is 32.2. The first-order valence-corrected chi connectivity index (χ1v) is 7.71. The largest absolute Gasteiger partial charge is 0.480 e. The van der Waals surface area contributed by atoms with Gasteiger partial charge >= 0.3 is 5.97 Å². The van der Waals surface area contributed by atoms with Crippen molar-refractivity contribution in [2.24, 2.45) is 0 Å². The minimum absolute atomic E-state index is 0.104. The maximum atomic E-state index is 12.4. The first-order chi connectivity index (χ1) is 9.73. The van der Waals surface area contributed by atoms with Crippen LogP contribution in [0.15, 0.2) is 29.2 Å². The van der Waals surface area contributed by atoms with Gasteiger partial charge in [-0.3, -0.25) is 9.59 Å². The number of rotatable bonds is 4. The number of ketones is 1. The molecule has 0 aliphatic carbocycles. The van der Waals surface area contributed by atoms with E-state index in [4.69, 9.17) is 5.11 Å². The summed E-state index contributed by atoms with van der Waals surface area (Å²) in [4.78, 5) is 22.2.